The van der Waals surface area contributed by atoms with Gasteiger partial charge < -0.3 is 14.8 Å². The molecule has 0 saturated carbocycles. The van der Waals surface area contributed by atoms with Crippen molar-refractivity contribution >= 4 is 0 Å². The van der Waals surface area contributed by atoms with Crippen molar-refractivity contribution in [2.24, 2.45) is 5.92 Å². The quantitative estimate of drug-likeness (QED) is 0.733. The van der Waals surface area contributed by atoms with Crippen molar-refractivity contribution in [2.45, 2.75) is 45.7 Å². The summed E-state index contributed by atoms with van der Waals surface area (Å²) in [5.41, 5.74) is 0. The van der Waals surface area contributed by atoms with Gasteiger partial charge in [-0.2, -0.15) is 0 Å². The van der Waals surface area contributed by atoms with Crippen LogP contribution < -0.4 is 5.32 Å². The first-order valence-electron chi connectivity index (χ1n) is 6.15. The van der Waals surface area contributed by atoms with Crippen LogP contribution in [0.1, 0.15) is 33.6 Å². The molecule has 0 spiro atoms. The highest BCUT2D eigenvalue weighted by molar-refractivity contribution is 4.78. The molecule has 0 amide bonds. The molecule has 0 aliphatic carbocycles. The second-order valence-corrected chi connectivity index (χ2v) is 4.59. The largest absolute Gasteiger partial charge is 0.380 e. The fourth-order valence-electron chi connectivity index (χ4n) is 1.85. The summed E-state index contributed by atoms with van der Waals surface area (Å²) >= 11 is 0. The average Bonchev–Trinajstić information content (AvgIpc) is 2.25. The Hall–Kier alpha value is -0.120. The Morgan fingerprint density at radius 1 is 1.47 bits per heavy atom. The topological polar surface area (TPSA) is 30.5 Å². The molecular weight excluding hydrogens is 190 g/mol. The van der Waals surface area contributed by atoms with Crippen LogP contribution >= 0.6 is 0 Å². The lowest BCUT2D eigenvalue weighted by molar-refractivity contribution is 0.0490. The maximum atomic E-state index is 5.50. The molecule has 2 atom stereocenters. The van der Waals surface area contributed by atoms with Gasteiger partial charge in [-0.15, -0.1) is 0 Å². The monoisotopic (exact) mass is 215 g/mol. The Bertz CT molecular complexity index is 156. The predicted molar refractivity (Wildman–Crippen MR) is 62.1 cm³/mol. The van der Waals surface area contributed by atoms with E-state index in [-0.39, 0.29) is 0 Å². The number of nitrogens with one attached hydrogen (secondary N) is 1. The molecule has 3 heteroatoms. The van der Waals surface area contributed by atoms with Gasteiger partial charge >= 0.3 is 0 Å². The van der Waals surface area contributed by atoms with E-state index in [1.807, 2.05) is 6.92 Å². The van der Waals surface area contributed by atoms with Crippen LogP contribution in [0.4, 0.5) is 0 Å². The van der Waals surface area contributed by atoms with Gasteiger partial charge in [0, 0.05) is 25.3 Å². The Labute approximate surface area is 93.5 Å². The molecule has 1 aliphatic heterocycles. The zero-order chi connectivity index (χ0) is 11.1. The average molecular weight is 215 g/mol. The zero-order valence-corrected chi connectivity index (χ0v) is 10.3. The zero-order valence-electron chi connectivity index (χ0n) is 10.3. The van der Waals surface area contributed by atoms with E-state index < -0.39 is 0 Å². The lowest BCUT2D eigenvalue weighted by Gasteiger charge is -2.30. The molecule has 0 aromatic rings. The van der Waals surface area contributed by atoms with Gasteiger partial charge in [0.05, 0.1) is 13.2 Å². The molecule has 1 N–H and O–H groups in total. The van der Waals surface area contributed by atoms with E-state index in [9.17, 15) is 0 Å². The number of hydrogen-bond acceptors (Lipinski definition) is 3. The van der Waals surface area contributed by atoms with Gasteiger partial charge in [0.15, 0.2) is 0 Å². The molecule has 15 heavy (non-hydrogen) atoms. The van der Waals surface area contributed by atoms with Crippen molar-refractivity contribution in [3.63, 3.8) is 0 Å². The minimum Gasteiger partial charge on any atom is -0.380 e. The molecule has 2 unspecified atom stereocenters. The van der Waals surface area contributed by atoms with E-state index >= 15 is 0 Å². The minimum atomic E-state index is 0.455. The molecule has 1 rings (SSSR count). The molecular formula is C12H25NO2. The van der Waals surface area contributed by atoms with Crippen LogP contribution in [0, 0.1) is 5.92 Å². The summed E-state index contributed by atoms with van der Waals surface area (Å²) in [6, 6.07) is 0.975. The number of hydrogen-bond donors (Lipinski definition) is 1. The van der Waals surface area contributed by atoms with E-state index in [0.29, 0.717) is 18.0 Å². The Morgan fingerprint density at radius 2 is 2.27 bits per heavy atom. The fraction of sp³-hybridized carbons (Fsp3) is 1.00. The molecule has 1 aliphatic rings. The summed E-state index contributed by atoms with van der Waals surface area (Å²) in [6.45, 7) is 9.91. The van der Waals surface area contributed by atoms with Crippen LogP contribution in [0.25, 0.3) is 0 Å². The third-order valence-corrected chi connectivity index (χ3v) is 2.92. The second-order valence-electron chi connectivity index (χ2n) is 4.59. The van der Waals surface area contributed by atoms with Crippen molar-refractivity contribution < 1.29 is 9.47 Å². The highest BCUT2D eigenvalue weighted by Gasteiger charge is 2.20. The van der Waals surface area contributed by atoms with Crippen LogP contribution in [0.2, 0.25) is 0 Å². The van der Waals surface area contributed by atoms with Crippen molar-refractivity contribution in [3.8, 4) is 0 Å². The third kappa shape index (κ3) is 4.96. The summed E-state index contributed by atoms with van der Waals surface area (Å²) < 4.78 is 11.0. The summed E-state index contributed by atoms with van der Waals surface area (Å²) in [6.07, 6.45) is 2.41. The van der Waals surface area contributed by atoms with E-state index in [1.54, 1.807) is 0 Å². The third-order valence-electron chi connectivity index (χ3n) is 2.92. The van der Waals surface area contributed by atoms with Crippen molar-refractivity contribution in [1.82, 2.24) is 5.32 Å². The second kappa shape index (κ2) is 7.20. The van der Waals surface area contributed by atoms with Crippen LogP contribution in [0.15, 0.2) is 0 Å². The normalized spacial score (nSPS) is 24.4. The lowest BCUT2D eigenvalue weighted by Crippen LogP contribution is -2.47. The fourth-order valence-corrected chi connectivity index (χ4v) is 1.85. The van der Waals surface area contributed by atoms with Crippen molar-refractivity contribution in [1.29, 1.82) is 0 Å². The molecule has 1 heterocycles. The predicted octanol–water partition coefficient (Wildman–Crippen LogP) is 1.82. The number of rotatable bonds is 6. The van der Waals surface area contributed by atoms with Crippen LogP contribution in [-0.2, 0) is 9.47 Å². The van der Waals surface area contributed by atoms with Crippen LogP contribution in [0.5, 0.6) is 0 Å². The molecule has 3 nitrogen and oxygen atoms in total. The van der Waals surface area contributed by atoms with Crippen LogP contribution in [0.3, 0.4) is 0 Å². The highest BCUT2D eigenvalue weighted by atomic mass is 16.5. The van der Waals surface area contributed by atoms with Gasteiger partial charge in [0.1, 0.15) is 0 Å². The Kier molecular flexibility index (Phi) is 6.22. The summed E-state index contributed by atoms with van der Waals surface area (Å²) in [5.74, 6) is 0.610. The van der Waals surface area contributed by atoms with Gasteiger partial charge in [0.2, 0.25) is 0 Å². The van der Waals surface area contributed by atoms with Crippen LogP contribution in [-0.4, -0.2) is 38.5 Å². The van der Waals surface area contributed by atoms with Gasteiger partial charge in [0.25, 0.3) is 0 Å². The number of ether oxygens (including phenoxy) is 2. The first kappa shape index (κ1) is 12.9. The Balaban J connectivity index is 2.28. The maximum Gasteiger partial charge on any atom is 0.0622 e. The summed E-state index contributed by atoms with van der Waals surface area (Å²) in [4.78, 5) is 0. The summed E-state index contributed by atoms with van der Waals surface area (Å²) in [5, 5.41) is 3.64. The highest BCUT2D eigenvalue weighted by Crippen LogP contribution is 2.10. The van der Waals surface area contributed by atoms with E-state index in [4.69, 9.17) is 9.47 Å². The first-order valence-corrected chi connectivity index (χ1v) is 6.15. The van der Waals surface area contributed by atoms with Gasteiger partial charge in [-0.05, 0) is 25.7 Å². The van der Waals surface area contributed by atoms with E-state index in [0.717, 1.165) is 26.4 Å². The van der Waals surface area contributed by atoms with Gasteiger partial charge in [-0.3, -0.25) is 0 Å². The molecule has 0 aromatic carbocycles. The van der Waals surface area contributed by atoms with E-state index in [2.05, 4.69) is 19.2 Å². The van der Waals surface area contributed by atoms with Crippen molar-refractivity contribution in [2.75, 3.05) is 26.4 Å². The summed E-state index contributed by atoms with van der Waals surface area (Å²) in [7, 11) is 0. The molecule has 90 valence electrons. The standard InChI is InChI=1S/C12H25NO2/c1-4-14-9-12(10(2)3)13-11-6-5-7-15-8-11/h10-13H,4-9H2,1-3H3. The molecule has 0 radical (unpaired) electrons. The first-order chi connectivity index (χ1) is 7.24. The molecule has 0 bridgehead atoms. The van der Waals surface area contributed by atoms with Crippen molar-refractivity contribution in [3.05, 3.63) is 0 Å². The smallest absolute Gasteiger partial charge is 0.0622 e. The molecule has 1 fully saturated rings. The lowest BCUT2D eigenvalue weighted by atomic mass is 10.0. The SMILES string of the molecule is CCOCC(NC1CCCOC1)C(C)C. The molecule has 0 aromatic heterocycles. The Morgan fingerprint density at radius 3 is 2.80 bits per heavy atom. The van der Waals surface area contributed by atoms with E-state index in [1.165, 1.54) is 12.8 Å². The minimum absolute atomic E-state index is 0.455. The van der Waals surface area contributed by atoms with Gasteiger partial charge in [-0.1, -0.05) is 13.8 Å². The maximum absolute atomic E-state index is 5.50. The molecule has 1 saturated heterocycles. The van der Waals surface area contributed by atoms with Gasteiger partial charge in [-0.25, -0.2) is 0 Å².